The quantitative estimate of drug-likeness (QED) is 0.822. The van der Waals surface area contributed by atoms with Gasteiger partial charge in [-0.15, -0.1) is 0 Å². The van der Waals surface area contributed by atoms with Crippen molar-refractivity contribution >= 4 is 5.97 Å². The van der Waals surface area contributed by atoms with Crippen molar-refractivity contribution in [3.8, 4) is 0 Å². The summed E-state index contributed by atoms with van der Waals surface area (Å²) in [5, 5.41) is 9.03. The summed E-state index contributed by atoms with van der Waals surface area (Å²) >= 11 is 0. The second-order valence-electron chi connectivity index (χ2n) is 8.23. The Morgan fingerprint density at radius 3 is 2.28 bits per heavy atom. The number of aliphatic carboxylic acids is 1. The maximum atomic E-state index is 11.0. The third-order valence-electron chi connectivity index (χ3n) is 5.35. The van der Waals surface area contributed by atoms with E-state index in [-0.39, 0.29) is 12.0 Å². The first-order valence-electron chi connectivity index (χ1n) is 9.57. The van der Waals surface area contributed by atoms with Gasteiger partial charge in [0.05, 0.1) is 6.54 Å². The molecule has 0 spiro atoms. The van der Waals surface area contributed by atoms with Gasteiger partial charge in [0, 0.05) is 12.6 Å². The maximum absolute atomic E-state index is 11.0. The number of benzene rings is 1. The van der Waals surface area contributed by atoms with Crippen LogP contribution in [-0.4, -0.2) is 59.6 Å². The van der Waals surface area contributed by atoms with E-state index in [9.17, 15) is 4.79 Å². The molecule has 0 unspecified atom stereocenters. The smallest absolute Gasteiger partial charge is 0.317 e. The molecule has 0 amide bonds. The number of rotatable bonds is 7. The molecule has 4 heteroatoms. The maximum Gasteiger partial charge on any atom is 0.317 e. The molecule has 140 valence electrons. The predicted octanol–water partition coefficient (Wildman–Crippen LogP) is 3.40. The highest BCUT2D eigenvalue weighted by Crippen LogP contribution is 2.22. The summed E-state index contributed by atoms with van der Waals surface area (Å²) < 4.78 is 0. The Labute approximate surface area is 152 Å². The topological polar surface area (TPSA) is 43.8 Å². The van der Waals surface area contributed by atoms with Crippen LogP contribution in [0.2, 0.25) is 0 Å². The molecule has 1 saturated heterocycles. The number of carboxylic acids is 1. The van der Waals surface area contributed by atoms with Crippen molar-refractivity contribution in [2.45, 2.75) is 58.4 Å². The lowest BCUT2D eigenvalue weighted by Crippen LogP contribution is -2.46. The molecule has 1 aromatic rings. The highest BCUT2D eigenvalue weighted by molar-refractivity contribution is 5.69. The van der Waals surface area contributed by atoms with Crippen LogP contribution in [-0.2, 0) is 16.6 Å². The summed E-state index contributed by atoms with van der Waals surface area (Å²) in [5.74, 6) is -0.719. The fraction of sp³-hybridized carbons (Fsp3) is 0.667. The number of hydrogen-bond donors (Lipinski definition) is 1. The molecule has 4 nitrogen and oxygen atoms in total. The number of carboxylic acid groups (broad SMARTS) is 1. The van der Waals surface area contributed by atoms with Crippen molar-refractivity contribution in [1.29, 1.82) is 0 Å². The predicted molar refractivity (Wildman–Crippen MR) is 103 cm³/mol. The van der Waals surface area contributed by atoms with Gasteiger partial charge in [0.1, 0.15) is 0 Å². The standard InChI is InChI=1S/C21H34N2O2/c1-5-23(16-20(24)25)19-11-14-22(15-12-19)13-10-17-6-8-18(9-7-17)21(2,3)4/h6-9,19H,5,10-16H2,1-4H3,(H,24,25). The molecule has 0 atom stereocenters. The molecule has 0 radical (unpaired) electrons. The van der Waals surface area contributed by atoms with Gasteiger partial charge in [-0.05, 0) is 55.4 Å². The van der Waals surface area contributed by atoms with Crippen molar-refractivity contribution < 1.29 is 9.90 Å². The van der Waals surface area contributed by atoms with Gasteiger partial charge in [-0.3, -0.25) is 9.69 Å². The molecule has 1 N–H and O–H groups in total. The van der Waals surface area contributed by atoms with Crippen LogP contribution >= 0.6 is 0 Å². The zero-order valence-corrected chi connectivity index (χ0v) is 16.3. The molecule has 25 heavy (non-hydrogen) atoms. The number of likely N-dealkylation sites (tertiary alicyclic amines) is 1. The van der Waals surface area contributed by atoms with E-state index in [1.807, 2.05) is 0 Å². The summed E-state index contributed by atoms with van der Waals surface area (Å²) in [4.78, 5) is 15.6. The molecule has 1 heterocycles. The molecule has 1 fully saturated rings. The summed E-state index contributed by atoms with van der Waals surface area (Å²) in [5.41, 5.74) is 2.99. The monoisotopic (exact) mass is 346 g/mol. The Kier molecular flexibility index (Phi) is 7.03. The lowest BCUT2D eigenvalue weighted by Gasteiger charge is -2.37. The third kappa shape index (κ3) is 6.12. The van der Waals surface area contributed by atoms with Crippen LogP contribution in [0.3, 0.4) is 0 Å². The molecule has 1 aromatic carbocycles. The Balaban J connectivity index is 1.77. The first kappa shape index (κ1) is 19.9. The zero-order chi connectivity index (χ0) is 18.4. The molecular formula is C21H34N2O2. The summed E-state index contributed by atoms with van der Waals surface area (Å²) in [6, 6.07) is 9.46. The average molecular weight is 347 g/mol. The van der Waals surface area contributed by atoms with Gasteiger partial charge in [-0.25, -0.2) is 0 Å². The first-order valence-corrected chi connectivity index (χ1v) is 9.57. The fourth-order valence-electron chi connectivity index (χ4n) is 3.64. The van der Waals surface area contributed by atoms with Gasteiger partial charge in [-0.1, -0.05) is 52.0 Å². The van der Waals surface area contributed by atoms with E-state index in [1.54, 1.807) is 0 Å². The summed E-state index contributed by atoms with van der Waals surface area (Å²) in [6.45, 7) is 13.0. The minimum atomic E-state index is -0.719. The molecule has 2 rings (SSSR count). The van der Waals surface area contributed by atoms with E-state index >= 15 is 0 Å². The molecule has 0 bridgehead atoms. The number of hydrogen-bond acceptors (Lipinski definition) is 3. The Bertz CT molecular complexity index is 540. The lowest BCUT2D eigenvalue weighted by molar-refractivity contribution is -0.139. The van der Waals surface area contributed by atoms with Crippen molar-refractivity contribution in [2.75, 3.05) is 32.7 Å². The van der Waals surface area contributed by atoms with E-state index in [0.29, 0.717) is 6.04 Å². The van der Waals surface area contributed by atoms with Crippen LogP contribution in [0.1, 0.15) is 51.7 Å². The first-order chi connectivity index (χ1) is 11.8. The second-order valence-corrected chi connectivity index (χ2v) is 8.23. The minimum absolute atomic E-state index is 0.168. The van der Waals surface area contributed by atoms with Gasteiger partial charge >= 0.3 is 5.97 Å². The molecular weight excluding hydrogens is 312 g/mol. The van der Waals surface area contributed by atoms with Crippen LogP contribution in [0.5, 0.6) is 0 Å². The Morgan fingerprint density at radius 1 is 1.20 bits per heavy atom. The van der Waals surface area contributed by atoms with Crippen molar-refractivity contribution in [3.05, 3.63) is 35.4 Å². The third-order valence-corrected chi connectivity index (χ3v) is 5.35. The molecule has 0 aliphatic carbocycles. The van der Waals surface area contributed by atoms with E-state index in [0.717, 1.165) is 45.4 Å². The SMILES string of the molecule is CCN(CC(=O)O)C1CCN(CCc2ccc(C(C)(C)C)cc2)CC1. The average Bonchev–Trinajstić information content (AvgIpc) is 2.58. The number of likely N-dealkylation sites (N-methyl/N-ethyl adjacent to an activating group) is 1. The van der Waals surface area contributed by atoms with E-state index < -0.39 is 5.97 Å². The lowest BCUT2D eigenvalue weighted by atomic mass is 9.86. The molecule has 1 aliphatic heterocycles. The fourth-order valence-corrected chi connectivity index (χ4v) is 3.64. The van der Waals surface area contributed by atoms with Crippen LogP contribution < -0.4 is 0 Å². The molecule has 0 saturated carbocycles. The van der Waals surface area contributed by atoms with Gasteiger partial charge in [0.15, 0.2) is 0 Å². The normalized spacial score (nSPS) is 17.2. The van der Waals surface area contributed by atoms with Crippen molar-refractivity contribution in [2.24, 2.45) is 0 Å². The van der Waals surface area contributed by atoms with Gasteiger partial charge in [0.2, 0.25) is 0 Å². The number of carbonyl (C=O) groups is 1. The van der Waals surface area contributed by atoms with Crippen LogP contribution in [0.4, 0.5) is 0 Å². The van der Waals surface area contributed by atoms with E-state index in [1.165, 1.54) is 11.1 Å². The van der Waals surface area contributed by atoms with E-state index in [4.69, 9.17) is 5.11 Å². The largest absolute Gasteiger partial charge is 0.480 e. The summed E-state index contributed by atoms with van der Waals surface area (Å²) in [7, 11) is 0. The van der Waals surface area contributed by atoms with E-state index in [2.05, 4.69) is 61.8 Å². The van der Waals surface area contributed by atoms with Crippen LogP contribution in [0, 0.1) is 0 Å². The van der Waals surface area contributed by atoms with Gasteiger partial charge in [0.25, 0.3) is 0 Å². The molecule has 1 aliphatic rings. The number of piperidine rings is 1. The highest BCUT2D eigenvalue weighted by atomic mass is 16.4. The summed E-state index contributed by atoms with van der Waals surface area (Å²) in [6.07, 6.45) is 3.23. The zero-order valence-electron chi connectivity index (χ0n) is 16.3. The Morgan fingerprint density at radius 2 is 1.80 bits per heavy atom. The van der Waals surface area contributed by atoms with Crippen molar-refractivity contribution in [3.63, 3.8) is 0 Å². The molecule has 0 aromatic heterocycles. The van der Waals surface area contributed by atoms with Crippen LogP contribution in [0.25, 0.3) is 0 Å². The Hall–Kier alpha value is -1.39. The highest BCUT2D eigenvalue weighted by Gasteiger charge is 2.24. The number of nitrogens with zero attached hydrogens (tertiary/aromatic N) is 2. The van der Waals surface area contributed by atoms with Gasteiger partial charge in [-0.2, -0.15) is 0 Å². The minimum Gasteiger partial charge on any atom is -0.480 e. The van der Waals surface area contributed by atoms with Gasteiger partial charge < -0.3 is 10.0 Å². The second kappa shape index (κ2) is 8.81. The van der Waals surface area contributed by atoms with Crippen molar-refractivity contribution in [1.82, 2.24) is 9.80 Å². The van der Waals surface area contributed by atoms with Crippen LogP contribution in [0.15, 0.2) is 24.3 Å².